The summed E-state index contributed by atoms with van der Waals surface area (Å²) in [4.78, 5) is 12.8. The second kappa shape index (κ2) is 6.59. The van der Waals surface area contributed by atoms with Crippen molar-refractivity contribution < 1.29 is 8.78 Å². The molecule has 3 nitrogen and oxygen atoms in total. The topological polar surface area (TPSA) is 38.7 Å². The van der Waals surface area contributed by atoms with E-state index in [4.69, 9.17) is 23.2 Å². The van der Waals surface area contributed by atoms with Crippen LogP contribution in [-0.2, 0) is 0 Å². The van der Waals surface area contributed by atoms with Gasteiger partial charge in [-0.05, 0) is 42.5 Å². The third kappa shape index (κ3) is 3.11. The van der Waals surface area contributed by atoms with Crippen LogP contribution < -0.4 is 0 Å². The highest BCUT2D eigenvalue weighted by molar-refractivity contribution is 6.42. The van der Waals surface area contributed by atoms with E-state index < -0.39 is 5.95 Å². The van der Waals surface area contributed by atoms with Crippen LogP contribution in [0.2, 0.25) is 10.0 Å². The fraction of sp³-hybridized carbons (Fsp3) is 0. The Morgan fingerprint density at radius 1 is 0.692 bits per heavy atom. The summed E-state index contributed by atoms with van der Waals surface area (Å²) in [6.45, 7) is 0. The lowest BCUT2D eigenvalue weighted by molar-refractivity contribution is 0.584. The fourth-order valence-electron chi connectivity index (χ4n) is 2.61. The van der Waals surface area contributed by atoms with Gasteiger partial charge in [-0.3, -0.25) is 0 Å². The van der Waals surface area contributed by atoms with Crippen LogP contribution in [0.1, 0.15) is 0 Å². The van der Waals surface area contributed by atoms with E-state index in [-0.39, 0.29) is 5.82 Å². The largest absolute Gasteiger partial charge is 0.244 e. The zero-order valence-corrected chi connectivity index (χ0v) is 14.6. The molecule has 0 amide bonds. The standard InChI is InChI=1S/C19H9Cl2F2N3/c20-13-8-15-16(9-14(13)21)26-19(11-5-6-24-17(23)7-11)18(25-15)10-1-3-12(22)4-2-10/h1-9H. The van der Waals surface area contributed by atoms with E-state index in [1.807, 2.05) is 0 Å². The fourth-order valence-corrected chi connectivity index (χ4v) is 2.93. The van der Waals surface area contributed by atoms with E-state index in [9.17, 15) is 8.78 Å². The molecular formula is C19H9Cl2F2N3. The third-order valence-electron chi connectivity index (χ3n) is 3.82. The van der Waals surface area contributed by atoms with Crippen LogP contribution in [-0.4, -0.2) is 15.0 Å². The molecular weight excluding hydrogens is 379 g/mol. The number of hydrogen-bond donors (Lipinski definition) is 0. The molecule has 2 aromatic heterocycles. The molecule has 4 aromatic rings. The maximum absolute atomic E-state index is 13.6. The van der Waals surface area contributed by atoms with Gasteiger partial charge in [-0.2, -0.15) is 4.39 Å². The number of fused-ring (bicyclic) bond motifs is 1. The molecule has 26 heavy (non-hydrogen) atoms. The van der Waals surface area contributed by atoms with E-state index in [1.165, 1.54) is 24.4 Å². The molecule has 0 aliphatic rings. The third-order valence-corrected chi connectivity index (χ3v) is 4.55. The maximum Gasteiger partial charge on any atom is 0.213 e. The lowest BCUT2D eigenvalue weighted by atomic mass is 10.0. The Morgan fingerprint density at radius 2 is 1.27 bits per heavy atom. The molecule has 4 rings (SSSR count). The van der Waals surface area contributed by atoms with Crippen molar-refractivity contribution in [2.75, 3.05) is 0 Å². The van der Waals surface area contributed by atoms with Gasteiger partial charge in [-0.1, -0.05) is 23.2 Å². The quantitative estimate of drug-likeness (QED) is 0.399. The summed E-state index contributed by atoms with van der Waals surface area (Å²) in [6, 6.07) is 11.9. The Kier molecular flexibility index (Phi) is 4.26. The number of rotatable bonds is 2. The predicted molar refractivity (Wildman–Crippen MR) is 98.1 cm³/mol. The van der Waals surface area contributed by atoms with Gasteiger partial charge in [-0.15, -0.1) is 0 Å². The number of halogens is 4. The van der Waals surface area contributed by atoms with Crippen molar-refractivity contribution in [3.63, 3.8) is 0 Å². The Labute approximate surface area is 157 Å². The number of aromatic nitrogens is 3. The normalized spacial score (nSPS) is 11.1. The monoisotopic (exact) mass is 387 g/mol. The van der Waals surface area contributed by atoms with Crippen molar-refractivity contribution >= 4 is 34.2 Å². The highest BCUT2D eigenvalue weighted by atomic mass is 35.5. The second-order valence-electron chi connectivity index (χ2n) is 5.55. The van der Waals surface area contributed by atoms with Crippen molar-refractivity contribution in [1.29, 1.82) is 0 Å². The van der Waals surface area contributed by atoms with Gasteiger partial charge in [0.15, 0.2) is 0 Å². The van der Waals surface area contributed by atoms with Gasteiger partial charge in [0.1, 0.15) is 5.82 Å². The molecule has 0 saturated heterocycles. The highest BCUT2D eigenvalue weighted by Gasteiger charge is 2.15. The van der Waals surface area contributed by atoms with Gasteiger partial charge in [0.05, 0.1) is 32.5 Å². The van der Waals surface area contributed by atoms with Gasteiger partial charge in [0.2, 0.25) is 5.95 Å². The van der Waals surface area contributed by atoms with Crippen molar-refractivity contribution in [2.24, 2.45) is 0 Å². The molecule has 128 valence electrons. The molecule has 7 heteroatoms. The lowest BCUT2D eigenvalue weighted by Crippen LogP contribution is -1.97. The minimum atomic E-state index is -0.636. The molecule has 0 N–H and O–H groups in total. The summed E-state index contributed by atoms with van der Waals surface area (Å²) >= 11 is 12.2. The highest BCUT2D eigenvalue weighted by Crippen LogP contribution is 2.33. The van der Waals surface area contributed by atoms with Crippen LogP contribution >= 0.6 is 23.2 Å². The maximum atomic E-state index is 13.6. The Bertz CT molecular complexity index is 1130. The summed E-state index contributed by atoms with van der Waals surface area (Å²) in [7, 11) is 0. The Balaban J connectivity index is 2.04. The minimum Gasteiger partial charge on any atom is -0.244 e. The van der Waals surface area contributed by atoms with Crippen molar-refractivity contribution in [1.82, 2.24) is 15.0 Å². The number of hydrogen-bond acceptors (Lipinski definition) is 3. The molecule has 0 aliphatic carbocycles. The first-order valence-corrected chi connectivity index (χ1v) is 8.31. The van der Waals surface area contributed by atoms with Gasteiger partial charge in [-0.25, -0.2) is 19.3 Å². The molecule has 0 saturated carbocycles. The van der Waals surface area contributed by atoms with Crippen molar-refractivity contribution in [2.45, 2.75) is 0 Å². The average molecular weight is 388 g/mol. The molecule has 0 bridgehead atoms. The Morgan fingerprint density at radius 3 is 1.85 bits per heavy atom. The molecule has 0 atom stereocenters. The SMILES string of the molecule is Fc1ccc(-c2nc3cc(Cl)c(Cl)cc3nc2-c2ccnc(F)c2)cc1. The van der Waals surface area contributed by atoms with Gasteiger partial charge in [0.25, 0.3) is 0 Å². The van der Waals surface area contributed by atoms with E-state index in [1.54, 1.807) is 30.3 Å². The summed E-state index contributed by atoms with van der Waals surface area (Å²) in [5.74, 6) is -1.00. The summed E-state index contributed by atoms with van der Waals surface area (Å²) < 4.78 is 26.9. The first kappa shape index (κ1) is 16.8. The smallest absolute Gasteiger partial charge is 0.213 e. The van der Waals surface area contributed by atoms with Crippen molar-refractivity contribution in [3.8, 4) is 22.5 Å². The predicted octanol–water partition coefficient (Wildman–Crippen LogP) is 5.94. The second-order valence-corrected chi connectivity index (χ2v) is 6.36. The van der Waals surface area contributed by atoms with E-state index in [0.717, 1.165) is 0 Å². The van der Waals surface area contributed by atoms with Crippen molar-refractivity contribution in [3.05, 3.63) is 76.5 Å². The lowest BCUT2D eigenvalue weighted by Gasteiger charge is -2.11. The van der Waals surface area contributed by atoms with Gasteiger partial charge in [0, 0.05) is 23.4 Å². The van der Waals surface area contributed by atoms with E-state index >= 15 is 0 Å². The zero-order chi connectivity index (χ0) is 18.3. The molecule has 0 spiro atoms. The van der Waals surface area contributed by atoms with Crippen LogP contribution in [0, 0.1) is 11.8 Å². The van der Waals surface area contributed by atoms with E-state index in [0.29, 0.717) is 43.6 Å². The van der Waals surface area contributed by atoms with Crippen LogP contribution in [0.4, 0.5) is 8.78 Å². The number of nitrogens with zero attached hydrogens (tertiary/aromatic N) is 3. The number of benzene rings is 2. The number of pyridine rings is 1. The minimum absolute atomic E-state index is 0.342. The first-order valence-electron chi connectivity index (χ1n) is 7.56. The molecule has 0 unspecified atom stereocenters. The van der Waals surface area contributed by atoms with E-state index in [2.05, 4.69) is 15.0 Å². The molecule has 2 heterocycles. The molecule has 0 fully saturated rings. The summed E-state index contributed by atoms with van der Waals surface area (Å²) in [6.07, 6.45) is 1.35. The first-order chi connectivity index (χ1) is 12.5. The molecule has 2 aromatic carbocycles. The Hall–Kier alpha value is -2.63. The van der Waals surface area contributed by atoms with Gasteiger partial charge >= 0.3 is 0 Å². The molecule has 0 aliphatic heterocycles. The summed E-state index contributed by atoms with van der Waals surface area (Å²) in [5, 5.41) is 0.691. The summed E-state index contributed by atoms with van der Waals surface area (Å²) in [5.41, 5.74) is 3.08. The zero-order valence-electron chi connectivity index (χ0n) is 13.0. The van der Waals surface area contributed by atoms with Crippen LogP contribution in [0.3, 0.4) is 0 Å². The van der Waals surface area contributed by atoms with Crippen LogP contribution in [0.15, 0.2) is 54.7 Å². The molecule has 0 radical (unpaired) electrons. The van der Waals surface area contributed by atoms with Crippen LogP contribution in [0.5, 0.6) is 0 Å². The van der Waals surface area contributed by atoms with Gasteiger partial charge < -0.3 is 0 Å². The average Bonchev–Trinajstić information content (AvgIpc) is 2.62. The van der Waals surface area contributed by atoms with Crippen LogP contribution in [0.25, 0.3) is 33.5 Å².